The maximum atomic E-state index is 12.1. The molecule has 1 amide bonds. The number of carbonyl (C=O) groups is 1. The topological polar surface area (TPSA) is 55.1 Å². The van der Waals surface area contributed by atoms with Crippen LogP contribution in [-0.4, -0.2) is 18.5 Å². The maximum Gasteiger partial charge on any atom is 0.227 e. The van der Waals surface area contributed by atoms with Gasteiger partial charge in [0.2, 0.25) is 5.91 Å². The molecule has 1 fully saturated rings. The first-order valence-corrected chi connectivity index (χ1v) is 6.60. The predicted octanol–water partition coefficient (Wildman–Crippen LogP) is 2.06. The van der Waals surface area contributed by atoms with E-state index in [1.54, 1.807) is 0 Å². The molecule has 0 bridgehead atoms. The third kappa shape index (κ3) is 2.57. The fourth-order valence-electron chi connectivity index (χ4n) is 2.60. The molecular formula is C13H26N2O. The van der Waals surface area contributed by atoms with Crippen LogP contribution in [0.2, 0.25) is 0 Å². The van der Waals surface area contributed by atoms with Gasteiger partial charge in [-0.15, -0.1) is 0 Å². The molecule has 3 heteroatoms. The van der Waals surface area contributed by atoms with Gasteiger partial charge < -0.3 is 11.1 Å². The molecule has 0 aromatic carbocycles. The van der Waals surface area contributed by atoms with Crippen molar-refractivity contribution < 1.29 is 4.79 Å². The molecule has 1 unspecified atom stereocenters. The van der Waals surface area contributed by atoms with E-state index in [4.69, 9.17) is 5.73 Å². The summed E-state index contributed by atoms with van der Waals surface area (Å²) < 4.78 is 0. The fraction of sp³-hybridized carbons (Fsp3) is 0.923. The summed E-state index contributed by atoms with van der Waals surface area (Å²) in [6.45, 7) is 6.96. The van der Waals surface area contributed by atoms with Gasteiger partial charge in [0, 0.05) is 12.6 Å². The van der Waals surface area contributed by atoms with Crippen molar-refractivity contribution in [1.29, 1.82) is 0 Å². The second kappa shape index (κ2) is 5.67. The first-order chi connectivity index (χ1) is 7.59. The third-order valence-corrected chi connectivity index (χ3v) is 4.30. The van der Waals surface area contributed by atoms with Crippen LogP contribution >= 0.6 is 0 Å². The van der Waals surface area contributed by atoms with Crippen LogP contribution in [0, 0.1) is 11.3 Å². The van der Waals surface area contributed by atoms with Crippen molar-refractivity contribution in [1.82, 2.24) is 5.32 Å². The molecule has 0 aliphatic heterocycles. The monoisotopic (exact) mass is 226 g/mol. The zero-order valence-electron chi connectivity index (χ0n) is 10.9. The van der Waals surface area contributed by atoms with Gasteiger partial charge in [-0.2, -0.15) is 0 Å². The molecular weight excluding hydrogens is 200 g/mol. The van der Waals surface area contributed by atoms with Crippen LogP contribution in [0.15, 0.2) is 0 Å². The number of nitrogens with one attached hydrogen (secondary N) is 1. The minimum atomic E-state index is -0.236. The van der Waals surface area contributed by atoms with Gasteiger partial charge in [-0.25, -0.2) is 0 Å². The summed E-state index contributed by atoms with van der Waals surface area (Å²) in [6.07, 6.45) is 5.31. The van der Waals surface area contributed by atoms with E-state index < -0.39 is 0 Å². The van der Waals surface area contributed by atoms with Crippen molar-refractivity contribution in [3.05, 3.63) is 0 Å². The molecule has 3 nitrogen and oxygen atoms in total. The Labute approximate surface area is 99.2 Å². The van der Waals surface area contributed by atoms with Crippen LogP contribution in [0.5, 0.6) is 0 Å². The zero-order valence-corrected chi connectivity index (χ0v) is 10.9. The van der Waals surface area contributed by atoms with Gasteiger partial charge in [0.25, 0.3) is 0 Å². The van der Waals surface area contributed by atoms with Crippen molar-refractivity contribution in [2.75, 3.05) is 6.54 Å². The molecule has 1 atom stereocenters. The summed E-state index contributed by atoms with van der Waals surface area (Å²) in [6, 6.07) is 0.270. The molecule has 94 valence electrons. The van der Waals surface area contributed by atoms with Gasteiger partial charge in [-0.05, 0) is 25.7 Å². The highest BCUT2D eigenvalue weighted by Crippen LogP contribution is 2.40. The summed E-state index contributed by atoms with van der Waals surface area (Å²) in [5.74, 6) is 0.763. The second-order valence-electron chi connectivity index (χ2n) is 5.18. The van der Waals surface area contributed by atoms with E-state index in [2.05, 4.69) is 26.1 Å². The van der Waals surface area contributed by atoms with E-state index in [0.29, 0.717) is 12.5 Å². The normalized spacial score (nSPS) is 20.3. The highest BCUT2D eigenvalue weighted by Gasteiger charge is 2.43. The lowest BCUT2D eigenvalue weighted by molar-refractivity contribution is -0.136. The Hall–Kier alpha value is -0.570. The van der Waals surface area contributed by atoms with Gasteiger partial charge in [0.15, 0.2) is 0 Å². The average molecular weight is 226 g/mol. The van der Waals surface area contributed by atoms with Crippen molar-refractivity contribution in [3.63, 3.8) is 0 Å². The van der Waals surface area contributed by atoms with Crippen LogP contribution in [0.25, 0.3) is 0 Å². The molecule has 0 spiro atoms. The summed E-state index contributed by atoms with van der Waals surface area (Å²) in [7, 11) is 0. The van der Waals surface area contributed by atoms with E-state index in [1.807, 2.05) is 0 Å². The van der Waals surface area contributed by atoms with Crippen LogP contribution in [0.3, 0.4) is 0 Å². The summed E-state index contributed by atoms with van der Waals surface area (Å²) >= 11 is 0. The number of carbonyl (C=O) groups excluding carboxylic acids is 1. The number of amides is 1. The molecule has 0 aromatic rings. The van der Waals surface area contributed by atoms with Crippen LogP contribution in [-0.2, 0) is 4.79 Å². The first kappa shape index (κ1) is 13.5. The molecule has 0 aromatic heterocycles. The standard InChI is InChI=1S/C13H26N2O/c1-4-11(5-2)10(3)15-12(16)13(9-14)7-6-8-13/h10-11H,4-9,14H2,1-3H3,(H,15,16). The smallest absolute Gasteiger partial charge is 0.227 e. The molecule has 16 heavy (non-hydrogen) atoms. The lowest BCUT2D eigenvalue weighted by atomic mass is 9.68. The van der Waals surface area contributed by atoms with Crippen molar-refractivity contribution in [2.24, 2.45) is 17.1 Å². The molecule has 1 aliphatic carbocycles. The van der Waals surface area contributed by atoms with E-state index in [9.17, 15) is 4.79 Å². The highest BCUT2D eigenvalue weighted by molar-refractivity contribution is 5.84. The lowest BCUT2D eigenvalue weighted by Crippen LogP contribution is -2.53. The maximum absolute atomic E-state index is 12.1. The number of rotatable bonds is 6. The van der Waals surface area contributed by atoms with Gasteiger partial charge >= 0.3 is 0 Å². The Morgan fingerprint density at radius 3 is 2.25 bits per heavy atom. The Morgan fingerprint density at radius 1 is 1.38 bits per heavy atom. The Morgan fingerprint density at radius 2 is 1.94 bits per heavy atom. The molecule has 1 aliphatic rings. The van der Waals surface area contributed by atoms with Crippen molar-refractivity contribution in [3.8, 4) is 0 Å². The first-order valence-electron chi connectivity index (χ1n) is 6.60. The molecule has 3 N–H and O–H groups in total. The van der Waals surface area contributed by atoms with E-state index in [0.717, 1.165) is 32.1 Å². The number of nitrogens with two attached hydrogens (primary N) is 1. The molecule has 0 heterocycles. The minimum Gasteiger partial charge on any atom is -0.353 e. The van der Waals surface area contributed by atoms with Crippen LogP contribution in [0.1, 0.15) is 52.9 Å². The molecule has 1 rings (SSSR count). The molecule has 0 radical (unpaired) electrons. The third-order valence-electron chi connectivity index (χ3n) is 4.30. The quantitative estimate of drug-likeness (QED) is 0.728. The second-order valence-corrected chi connectivity index (χ2v) is 5.18. The van der Waals surface area contributed by atoms with Gasteiger partial charge in [0.05, 0.1) is 5.41 Å². The largest absolute Gasteiger partial charge is 0.353 e. The van der Waals surface area contributed by atoms with Gasteiger partial charge in [-0.1, -0.05) is 33.1 Å². The average Bonchev–Trinajstić information content (AvgIpc) is 2.18. The minimum absolute atomic E-state index is 0.181. The SMILES string of the molecule is CCC(CC)C(C)NC(=O)C1(CN)CCC1. The fourth-order valence-corrected chi connectivity index (χ4v) is 2.60. The Balaban J connectivity index is 2.50. The van der Waals surface area contributed by atoms with Gasteiger partial charge in [-0.3, -0.25) is 4.79 Å². The van der Waals surface area contributed by atoms with Gasteiger partial charge in [0.1, 0.15) is 0 Å². The summed E-state index contributed by atoms with van der Waals surface area (Å²) in [4.78, 5) is 12.1. The molecule has 0 saturated heterocycles. The highest BCUT2D eigenvalue weighted by atomic mass is 16.2. The summed E-state index contributed by atoms with van der Waals surface area (Å²) in [5, 5.41) is 3.16. The number of hydrogen-bond acceptors (Lipinski definition) is 2. The lowest BCUT2D eigenvalue weighted by Gasteiger charge is -2.40. The van der Waals surface area contributed by atoms with E-state index >= 15 is 0 Å². The zero-order chi connectivity index (χ0) is 12.2. The van der Waals surface area contributed by atoms with Crippen molar-refractivity contribution >= 4 is 5.91 Å². The van der Waals surface area contributed by atoms with E-state index in [-0.39, 0.29) is 17.4 Å². The summed E-state index contributed by atoms with van der Waals surface area (Å²) in [5.41, 5.74) is 5.49. The van der Waals surface area contributed by atoms with Crippen LogP contribution < -0.4 is 11.1 Å². The Kier molecular flexibility index (Phi) is 4.78. The molecule has 1 saturated carbocycles. The van der Waals surface area contributed by atoms with Crippen LogP contribution in [0.4, 0.5) is 0 Å². The van der Waals surface area contributed by atoms with Crippen molar-refractivity contribution in [2.45, 2.75) is 58.9 Å². The Bertz CT molecular complexity index is 227. The predicted molar refractivity (Wildman–Crippen MR) is 67.0 cm³/mol. The van der Waals surface area contributed by atoms with E-state index in [1.165, 1.54) is 0 Å². The number of hydrogen-bond donors (Lipinski definition) is 2.